The highest BCUT2D eigenvalue weighted by Gasteiger charge is 2.68. The molecule has 5 aliphatic rings. The molecule has 114 valence electrons. The number of hydrogen-bond acceptors (Lipinski definition) is 2. The van der Waals surface area contributed by atoms with Crippen LogP contribution in [-0.4, -0.2) is 18.0 Å². The van der Waals surface area contributed by atoms with Gasteiger partial charge in [0.2, 0.25) is 0 Å². The molecule has 2 nitrogen and oxygen atoms in total. The summed E-state index contributed by atoms with van der Waals surface area (Å²) >= 11 is 0. The molecule has 5 rings (SSSR count). The molecule has 21 heavy (non-hydrogen) atoms. The lowest BCUT2D eigenvalue weighted by molar-refractivity contribution is -0.116. The average molecular weight is 286 g/mol. The summed E-state index contributed by atoms with van der Waals surface area (Å²) in [6, 6.07) is 0. The summed E-state index contributed by atoms with van der Waals surface area (Å²) in [5.74, 6) is 3.78. The first kappa shape index (κ1) is 12.9. The smallest absolute Gasteiger partial charge is 0.155 e. The predicted octanol–water partition coefficient (Wildman–Crippen LogP) is 3.90. The maximum Gasteiger partial charge on any atom is 0.155 e. The maximum absolute atomic E-state index is 11.7. The molecule has 0 aromatic carbocycles. The van der Waals surface area contributed by atoms with Gasteiger partial charge in [0.25, 0.3) is 0 Å². The molecular formula is C19H26O2. The monoisotopic (exact) mass is 286 g/mol. The largest absolute Gasteiger partial charge is 0.369 e. The topological polar surface area (TPSA) is 29.6 Å². The summed E-state index contributed by atoms with van der Waals surface area (Å²) < 4.78 is 5.97. The van der Waals surface area contributed by atoms with E-state index in [0.717, 1.165) is 43.1 Å². The maximum atomic E-state index is 11.7. The van der Waals surface area contributed by atoms with Crippen molar-refractivity contribution >= 4 is 5.78 Å². The highest BCUT2D eigenvalue weighted by Crippen LogP contribution is 2.69. The number of ketones is 1. The van der Waals surface area contributed by atoms with Crippen LogP contribution in [-0.2, 0) is 9.53 Å². The zero-order valence-electron chi connectivity index (χ0n) is 13.1. The number of carbonyl (C=O) groups excluding carboxylic acids is 1. The van der Waals surface area contributed by atoms with Crippen molar-refractivity contribution in [1.29, 1.82) is 0 Å². The van der Waals surface area contributed by atoms with Crippen LogP contribution >= 0.6 is 0 Å². The van der Waals surface area contributed by atoms with Gasteiger partial charge in [0.1, 0.15) is 0 Å². The van der Waals surface area contributed by atoms with Gasteiger partial charge in [-0.25, -0.2) is 0 Å². The lowest BCUT2D eigenvalue weighted by atomic mass is 9.51. The van der Waals surface area contributed by atoms with Crippen molar-refractivity contribution in [1.82, 2.24) is 0 Å². The Morgan fingerprint density at radius 2 is 1.95 bits per heavy atom. The number of allylic oxidation sites excluding steroid dienone is 1. The molecule has 1 heterocycles. The number of carbonyl (C=O) groups is 1. The Morgan fingerprint density at radius 3 is 2.76 bits per heavy atom. The zero-order valence-corrected chi connectivity index (χ0v) is 13.1. The Kier molecular flexibility index (Phi) is 2.46. The highest BCUT2D eigenvalue weighted by molar-refractivity contribution is 5.91. The summed E-state index contributed by atoms with van der Waals surface area (Å²) in [7, 11) is 0. The zero-order chi connectivity index (χ0) is 14.2. The van der Waals surface area contributed by atoms with E-state index in [0.29, 0.717) is 11.2 Å². The van der Waals surface area contributed by atoms with E-state index < -0.39 is 0 Å². The number of rotatable bonds is 0. The number of fused-ring (bicyclic) bond motifs is 6. The number of hydrogen-bond donors (Lipinski definition) is 0. The minimum atomic E-state index is 0.279. The van der Waals surface area contributed by atoms with Crippen LogP contribution in [0.2, 0.25) is 0 Å². The third kappa shape index (κ3) is 1.55. The second kappa shape index (κ2) is 4.01. The van der Waals surface area contributed by atoms with Crippen LogP contribution in [0.25, 0.3) is 0 Å². The van der Waals surface area contributed by atoms with Gasteiger partial charge in [0.05, 0.1) is 12.2 Å². The molecular weight excluding hydrogens is 260 g/mol. The molecule has 2 heteroatoms. The van der Waals surface area contributed by atoms with Crippen molar-refractivity contribution in [3.63, 3.8) is 0 Å². The van der Waals surface area contributed by atoms with Crippen molar-refractivity contribution in [3.8, 4) is 0 Å². The SMILES string of the molecule is C[C@]12CC[C@H]3[C@@H](CCC4=CC(=O)CC[C@@H]43)[C@@H]1CC[C@@]21CO1. The summed E-state index contributed by atoms with van der Waals surface area (Å²) in [6.07, 6.45) is 11.9. The Morgan fingerprint density at radius 1 is 1.10 bits per heavy atom. The van der Waals surface area contributed by atoms with E-state index in [9.17, 15) is 4.79 Å². The second-order valence-electron chi connectivity index (χ2n) is 8.58. The third-order valence-corrected chi connectivity index (χ3v) is 8.08. The molecule has 0 bridgehead atoms. The quantitative estimate of drug-likeness (QED) is 0.632. The highest BCUT2D eigenvalue weighted by atomic mass is 16.6. The van der Waals surface area contributed by atoms with Gasteiger partial charge >= 0.3 is 0 Å². The minimum Gasteiger partial charge on any atom is -0.369 e. The van der Waals surface area contributed by atoms with Crippen molar-refractivity contribution in [2.24, 2.45) is 29.1 Å². The van der Waals surface area contributed by atoms with E-state index in [1.807, 2.05) is 6.08 Å². The van der Waals surface area contributed by atoms with Gasteiger partial charge in [-0.1, -0.05) is 12.5 Å². The molecule has 1 aliphatic heterocycles. The van der Waals surface area contributed by atoms with Gasteiger partial charge in [-0.2, -0.15) is 0 Å². The van der Waals surface area contributed by atoms with Crippen molar-refractivity contribution in [3.05, 3.63) is 11.6 Å². The average Bonchev–Trinajstić information content (AvgIpc) is 3.20. The fourth-order valence-corrected chi connectivity index (χ4v) is 6.83. The summed E-state index contributed by atoms with van der Waals surface area (Å²) in [4.78, 5) is 11.7. The van der Waals surface area contributed by atoms with E-state index in [1.165, 1.54) is 44.1 Å². The number of ether oxygens (including phenoxy) is 1. The fraction of sp³-hybridized carbons (Fsp3) is 0.842. The molecule has 0 aromatic heterocycles. The molecule has 0 aromatic rings. The molecule has 4 aliphatic carbocycles. The molecule has 0 amide bonds. The minimum absolute atomic E-state index is 0.279. The molecule has 0 radical (unpaired) electrons. The Labute approximate surface area is 127 Å². The van der Waals surface area contributed by atoms with Crippen LogP contribution in [0.15, 0.2) is 11.6 Å². The van der Waals surface area contributed by atoms with Gasteiger partial charge < -0.3 is 4.74 Å². The van der Waals surface area contributed by atoms with Crippen molar-refractivity contribution < 1.29 is 9.53 Å². The van der Waals surface area contributed by atoms with Crippen LogP contribution in [0, 0.1) is 29.1 Å². The second-order valence-corrected chi connectivity index (χ2v) is 8.58. The van der Waals surface area contributed by atoms with E-state index in [-0.39, 0.29) is 5.60 Å². The summed E-state index contributed by atoms with van der Waals surface area (Å²) in [5, 5.41) is 0. The van der Waals surface area contributed by atoms with Crippen LogP contribution in [0.4, 0.5) is 0 Å². The van der Waals surface area contributed by atoms with Crippen LogP contribution in [0.5, 0.6) is 0 Å². The molecule has 0 N–H and O–H groups in total. The first-order valence-corrected chi connectivity index (χ1v) is 9.00. The fourth-order valence-electron chi connectivity index (χ4n) is 6.83. The van der Waals surface area contributed by atoms with Gasteiger partial charge in [-0.3, -0.25) is 4.79 Å². The van der Waals surface area contributed by atoms with Gasteiger partial charge in [-0.15, -0.1) is 0 Å². The molecule has 6 atom stereocenters. The third-order valence-electron chi connectivity index (χ3n) is 8.08. The lowest BCUT2D eigenvalue weighted by Crippen LogP contribution is -2.48. The normalized spacial score (nSPS) is 54.7. The Bertz CT molecular complexity index is 530. The molecule has 1 saturated heterocycles. The van der Waals surface area contributed by atoms with E-state index in [4.69, 9.17) is 4.74 Å². The molecule has 3 saturated carbocycles. The standard InChI is InChI=1S/C19H26O2/c1-18-8-6-15-14-5-3-13(20)10-12(14)2-4-16(15)17(18)7-9-19(18)11-21-19/h10,14-17H,2-9,11H2,1H3/t14-,15+,16+,17-,18-,19+/m0/s1. The van der Waals surface area contributed by atoms with Gasteiger partial charge in [0, 0.05) is 11.8 Å². The van der Waals surface area contributed by atoms with Crippen LogP contribution in [0.1, 0.15) is 58.3 Å². The number of epoxide rings is 1. The van der Waals surface area contributed by atoms with E-state index in [1.54, 1.807) is 0 Å². The summed E-state index contributed by atoms with van der Waals surface area (Å²) in [5.41, 5.74) is 2.24. The Hall–Kier alpha value is -0.630. The molecule has 4 fully saturated rings. The Balaban J connectivity index is 1.47. The molecule has 1 spiro atoms. The van der Waals surface area contributed by atoms with E-state index >= 15 is 0 Å². The lowest BCUT2D eigenvalue weighted by Gasteiger charge is -2.53. The first-order chi connectivity index (χ1) is 10.1. The molecule has 0 unspecified atom stereocenters. The van der Waals surface area contributed by atoms with Crippen molar-refractivity contribution in [2.45, 2.75) is 63.9 Å². The van der Waals surface area contributed by atoms with Gasteiger partial charge in [-0.05, 0) is 74.7 Å². The van der Waals surface area contributed by atoms with E-state index in [2.05, 4.69) is 6.92 Å². The van der Waals surface area contributed by atoms with Crippen LogP contribution in [0.3, 0.4) is 0 Å². The first-order valence-electron chi connectivity index (χ1n) is 9.00. The summed E-state index contributed by atoms with van der Waals surface area (Å²) in [6.45, 7) is 3.56. The van der Waals surface area contributed by atoms with Gasteiger partial charge in [0.15, 0.2) is 5.78 Å². The van der Waals surface area contributed by atoms with Crippen LogP contribution < -0.4 is 0 Å². The predicted molar refractivity (Wildman–Crippen MR) is 80.8 cm³/mol. The van der Waals surface area contributed by atoms with Crippen molar-refractivity contribution in [2.75, 3.05) is 6.61 Å².